The number of ether oxygens (including phenoxy) is 1. The standard InChI is InChI=1S/C24H37BN2O4/c1-22(2,3)29-21(28)27-14-12-26(13-15-27)18-10-11-20(19(16-18)17-8-9-17)25-30-23(4,5)24(6,7)31-25/h10-11,16-17H,8-9,12-15H2,1-7H3/i12D2,13D2,14D2,15D2. The normalized spacial score (nSPS) is 33.6. The van der Waals surface area contributed by atoms with Crippen LogP contribution in [-0.2, 0) is 14.0 Å². The van der Waals surface area contributed by atoms with Gasteiger partial charge in [-0.25, -0.2) is 4.79 Å². The molecule has 0 aromatic heterocycles. The highest BCUT2D eigenvalue weighted by Crippen LogP contribution is 2.42. The first-order chi connectivity index (χ1) is 17.4. The number of piperazine rings is 1. The molecule has 3 aliphatic rings. The average Bonchev–Trinajstić information content (AvgIpc) is 3.51. The van der Waals surface area contributed by atoms with Gasteiger partial charge in [-0.2, -0.15) is 0 Å². The van der Waals surface area contributed by atoms with E-state index >= 15 is 0 Å². The van der Waals surface area contributed by atoms with Crippen molar-refractivity contribution < 1.29 is 29.8 Å². The monoisotopic (exact) mass is 436 g/mol. The smallest absolute Gasteiger partial charge is 0.444 e. The van der Waals surface area contributed by atoms with E-state index in [0.29, 0.717) is 10.4 Å². The van der Waals surface area contributed by atoms with Crippen LogP contribution in [0.4, 0.5) is 10.5 Å². The lowest BCUT2D eigenvalue weighted by Gasteiger charge is -2.37. The van der Waals surface area contributed by atoms with Crippen molar-refractivity contribution in [2.75, 3.05) is 30.9 Å². The molecule has 0 spiro atoms. The Bertz CT molecular complexity index is 1120. The molecular formula is C24H37BN2O4. The third kappa shape index (κ3) is 4.72. The molecule has 3 fully saturated rings. The van der Waals surface area contributed by atoms with Gasteiger partial charge in [-0.3, -0.25) is 0 Å². The Hall–Kier alpha value is -1.73. The van der Waals surface area contributed by atoms with Crippen molar-refractivity contribution in [3.8, 4) is 0 Å². The number of nitrogens with zero attached hydrogens (tertiary/aromatic N) is 2. The van der Waals surface area contributed by atoms with Crippen LogP contribution in [0.3, 0.4) is 0 Å². The Morgan fingerprint density at radius 3 is 2.19 bits per heavy atom. The van der Waals surface area contributed by atoms with E-state index in [9.17, 15) is 4.79 Å². The molecule has 0 atom stereocenters. The summed E-state index contributed by atoms with van der Waals surface area (Å²) < 4.78 is 86.9. The van der Waals surface area contributed by atoms with Gasteiger partial charge in [0.15, 0.2) is 0 Å². The molecular weight excluding hydrogens is 391 g/mol. The van der Waals surface area contributed by atoms with E-state index in [1.165, 1.54) is 26.8 Å². The quantitative estimate of drug-likeness (QED) is 0.673. The van der Waals surface area contributed by atoms with Crippen molar-refractivity contribution in [1.29, 1.82) is 0 Å². The molecule has 4 rings (SSSR count). The number of hydrogen-bond acceptors (Lipinski definition) is 5. The largest absolute Gasteiger partial charge is 0.495 e. The number of anilines is 1. The molecule has 1 aromatic carbocycles. The summed E-state index contributed by atoms with van der Waals surface area (Å²) in [5.74, 6) is 0.0901. The first-order valence-corrected chi connectivity index (χ1v) is 10.7. The van der Waals surface area contributed by atoms with Crippen molar-refractivity contribution >= 4 is 24.4 Å². The van der Waals surface area contributed by atoms with Gasteiger partial charge in [0.25, 0.3) is 0 Å². The van der Waals surface area contributed by atoms with Crippen molar-refractivity contribution in [2.45, 2.75) is 84.0 Å². The van der Waals surface area contributed by atoms with Crippen molar-refractivity contribution in [2.24, 2.45) is 0 Å². The summed E-state index contributed by atoms with van der Waals surface area (Å²) in [5.41, 5.74) is -0.967. The van der Waals surface area contributed by atoms with Crippen LogP contribution in [-0.4, -0.2) is 60.9 Å². The van der Waals surface area contributed by atoms with Crippen LogP contribution in [0.15, 0.2) is 18.2 Å². The Labute approximate surface area is 198 Å². The first kappa shape index (κ1) is 14.4. The van der Waals surface area contributed by atoms with Gasteiger partial charge in [-0.1, -0.05) is 6.07 Å². The molecule has 0 radical (unpaired) electrons. The molecule has 170 valence electrons. The van der Waals surface area contributed by atoms with E-state index < -0.39 is 56.0 Å². The van der Waals surface area contributed by atoms with Gasteiger partial charge >= 0.3 is 13.2 Å². The third-order valence-electron chi connectivity index (χ3n) is 5.98. The first-order valence-electron chi connectivity index (χ1n) is 14.7. The Morgan fingerprint density at radius 1 is 1.10 bits per heavy atom. The van der Waals surface area contributed by atoms with Gasteiger partial charge < -0.3 is 23.8 Å². The SMILES string of the molecule is [2H]C1([2H])N(C(=O)OC(C)(C)C)C([2H])([2H])C([2H])([2H])N(c2ccc(B3OC(C)(C)C(C)(C)O3)c(C3CC3)c2)C1([2H])[2H]. The van der Waals surface area contributed by atoms with Gasteiger partial charge in [0.05, 0.1) is 22.2 Å². The van der Waals surface area contributed by atoms with Crippen molar-refractivity contribution in [1.82, 2.24) is 4.90 Å². The molecule has 1 aliphatic carbocycles. The molecule has 6 nitrogen and oxygen atoms in total. The second-order valence-electron chi connectivity index (χ2n) is 10.3. The fourth-order valence-corrected chi connectivity index (χ4v) is 3.42. The molecule has 2 aliphatic heterocycles. The topological polar surface area (TPSA) is 51.2 Å². The summed E-state index contributed by atoms with van der Waals surface area (Å²) in [4.78, 5) is 13.3. The minimum atomic E-state index is -3.32. The van der Waals surface area contributed by atoms with E-state index in [4.69, 9.17) is 25.0 Å². The van der Waals surface area contributed by atoms with Crippen LogP contribution in [0, 0.1) is 0 Å². The summed E-state index contributed by atoms with van der Waals surface area (Å²) >= 11 is 0. The lowest BCUT2D eigenvalue weighted by Crippen LogP contribution is -2.50. The van der Waals surface area contributed by atoms with Gasteiger partial charge in [0.1, 0.15) is 5.60 Å². The zero-order valence-corrected chi connectivity index (χ0v) is 19.3. The number of amides is 1. The molecule has 0 N–H and O–H groups in total. The van der Waals surface area contributed by atoms with Crippen LogP contribution in [0.5, 0.6) is 0 Å². The second-order valence-corrected chi connectivity index (χ2v) is 10.3. The lowest BCUT2D eigenvalue weighted by molar-refractivity contribution is 0.00578. The maximum atomic E-state index is 13.0. The summed E-state index contributed by atoms with van der Waals surface area (Å²) in [6.07, 6.45) is 0.202. The molecule has 1 aromatic rings. The maximum Gasteiger partial charge on any atom is 0.495 e. The van der Waals surface area contributed by atoms with Crippen LogP contribution >= 0.6 is 0 Å². The van der Waals surface area contributed by atoms with E-state index in [0.717, 1.165) is 18.4 Å². The summed E-state index contributed by atoms with van der Waals surface area (Å²) in [6.45, 7) is -0.861. The highest BCUT2D eigenvalue weighted by atomic mass is 16.7. The van der Waals surface area contributed by atoms with Gasteiger partial charge in [-0.05, 0) is 90.4 Å². The van der Waals surface area contributed by atoms with Gasteiger partial charge in [0.2, 0.25) is 0 Å². The van der Waals surface area contributed by atoms with E-state index in [1.807, 2.05) is 27.7 Å². The van der Waals surface area contributed by atoms with Crippen LogP contribution in [0.2, 0.25) is 0 Å². The van der Waals surface area contributed by atoms with Gasteiger partial charge in [0, 0.05) is 31.7 Å². The molecule has 7 heteroatoms. The molecule has 1 saturated carbocycles. The molecule has 2 saturated heterocycles. The highest BCUT2D eigenvalue weighted by Gasteiger charge is 2.52. The Kier molecular flexibility index (Phi) is 3.58. The van der Waals surface area contributed by atoms with Crippen LogP contribution in [0.25, 0.3) is 0 Å². The number of carbonyl (C=O) groups is 1. The average molecular weight is 436 g/mol. The third-order valence-corrected chi connectivity index (χ3v) is 5.98. The van der Waals surface area contributed by atoms with E-state index in [-0.39, 0.29) is 16.5 Å². The maximum absolute atomic E-state index is 13.0. The molecule has 0 bridgehead atoms. The fourth-order valence-electron chi connectivity index (χ4n) is 3.42. The predicted octanol–water partition coefficient (Wildman–Crippen LogP) is 3.92. The zero-order valence-electron chi connectivity index (χ0n) is 27.3. The van der Waals surface area contributed by atoms with Crippen LogP contribution < -0.4 is 10.4 Å². The van der Waals surface area contributed by atoms with E-state index in [1.54, 1.807) is 12.1 Å². The zero-order chi connectivity index (χ0) is 29.8. The molecule has 1 amide bonds. The fraction of sp³-hybridized carbons (Fsp3) is 0.708. The van der Waals surface area contributed by atoms with Crippen LogP contribution in [0.1, 0.15) is 83.8 Å². The summed E-state index contributed by atoms with van der Waals surface area (Å²) in [7, 11) is -0.713. The van der Waals surface area contributed by atoms with Crippen molar-refractivity contribution in [3.63, 3.8) is 0 Å². The summed E-state index contributed by atoms with van der Waals surface area (Å²) in [6, 6.07) is 4.61. The number of benzene rings is 1. The molecule has 2 heterocycles. The second kappa shape index (κ2) is 7.70. The number of hydrogen-bond donors (Lipinski definition) is 0. The summed E-state index contributed by atoms with van der Waals surface area (Å²) in [5, 5.41) is 0. The minimum absolute atomic E-state index is 0.0660. The molecule has 31 heavy (non-hydrogen) atoms. The van der Waals surface area contributed by atoms with E-state index in [2.05, 4.69) is 0 Å². The molecule has 0 unspecified atom stereocenters. The van der Waals surface area contributed by atoms with Gasteiger partial charge in [-0.15, -0.1) is 0 Å². The number of rotatable bonds is 3. The number of carbonyl (C=O) groups excluding carboxylic acids is 1. The minimum Gasteiger partial charge on any atom is -0.444 e. The van der Waals surface area contributed by atoms with Crippen molar-refractivity contribution in [3.05, 3.63) is 23.8 Å². The Balaban J connectivity index is 1.81. The highest BCUT2D eigenvalue weighted by molar-refractivity contribution is 6.62. The Morgan fingerprint density at radius 2 is 1.68 bits per heavy atom. The predicted molar refractivity (Wildman–Crippen MR) is 124 cm³/mol. The lowest BCUT2D eigenvalue weighted by atomic mass is 9.74.